The van der Waals surface area contributed by atoms with Gasteiger partial charge in [-0.25, -0.2) is 0 Å². The molecule has 0 saturated heterocycles. The zero-order chi connectivity index (χ0) is 21.2. The van der Waals surface area contributed by atoms with E-state index < -0.39 is 5.60 Å². The molecule has 4 heteroatoms. The van der Waals surface area contributed by atoms with Gasteiger partial charge >= 0.3 is 0 Å². The summed E-state index contributed by atoms with van der Waals surface area (Å²) in [6.45, 7) is 17.4. The summed E-state index contributed by atoms with van der Waals surface area (Å²) in [6, 6.07) is 12.4. The molecule has 29 heavy (non-hydrogen) atoms. The molecule has 1 aliphatic heterocycles. The molecule has 1 N–H and O–H groups in total. The molecule has 156 valence electrons. The van der Waals surface area contributed by atoms with Gasteiger partial charge in [0.15, 0.2) is 17.1 Å². The molecular weight excluding hydrogens is 360 g/mol. The van der Waals surface area contributed by atoms with E-state index in [9.17, 15) is 0 Å². The number of hydrogen-bond donors (Lipinski definition) is 1. The SMILES string of the molecule is CCOc1ccccc1OC(C)(C1=NCCN1)c1c(C)cc(C(C)(C)C)cc1C. The molecule has 2 aromatic rings. The molecule has 4 nitrogen and oxygen atoms in total. The number of aliphatic imine (C=N–C) groups is 1. The standard InChI is InChI=1S/C25H34N2O2/c1-8-28-20-11-9-10-12-21(20)29-25(7,23-26-13-14-27-23)22-17(2)15-19(16-18(22)3)24(4,5)6/h9-12,15-16H,8,13-14H2,1-7H3,(H,26,27). The molecule has 0 bridgehead atoms. The van der Waals surface area contributed by atoms with Crippen LogP contribution < -0.4 is 14.8 Å². The van der Waals surface area contributed by atoms with Crippen LogP contribution in [0.5, 0.6) is 11.5 Å². The van der Waals surface area contributed by atoms with Gasteiger partial charge in [0.2, 0.25) is 0 Å². The quantitative estimate of drug-likeness (QED) is 0.723. The highest BCUT2D eigenvalue weighted by Crippen LogP contribution is 2.39. The Balaban J connectivity index is 2.14. The van der Waals surface area contributed by atoms with Gasteiger partial charge in [-0.3, -0.25) is 4.99 Å². The van der Waals surface area contributed by atoms with Gasteiger partial charge in [-0.05, 0) is 61.9 Å². The molecule has 1 aliphatic rings. The number of amidine groups is 1. The molecule has 1 unspecified atom stereocenters. The first kappa shape index (κ1) is 21.2. The molecule has 0 radical (unpaired) electrons. The van der Waals surface area contributed by atoms with Crippen LogP contribution in [0.4, 0.5) is 0 Å². The maximum atomic E-state index is 6.72. The third-order valence-electron chi connectivity index (χ3n) is 5.46. The first-order valence-electron chi connectivity index (χ1n) is 10.5. The van der Waals surface area contributed by atoms with E-state index in [4.69, 9.17) is 14.5 Å². The number of nitrogens with one attached hydrogen (secondary N) is 1. The normalized spacial score (nSPS) is 16.0. The van der Waals surface area contributed by atoms with Gasteiger partial charge in [0.25, 0.3) is 0 Å². The van der Waals surface area contributed by atoms with Crippen molar-refractivity contribution >= 4 is 5.84 Å². The summed E-state index contributed by atoms with van der Waals surface area (Å²) in [7, 11) is 0. The summed E-state index contributed by atoms with van der Waals surface area (Å²) in [5, 5.41) is 3.45. The van der Waals surface area contributed by atoms with Crippen molar-refractivity contribution in [3.63, 3.8) is 0 Å². The van der Waals surface area contributed by atoms with Gasteiger partial charge in [-0.1, -0.05) is 45.0 Å². The molecule has 0 aliphatic carbocycles. The summed E-state index contributed by atoms with van der Waals surface area (Å²) in [4.78, 5) is 4.75. The van der Waals surface area contributed by atoms with E-state index in [-0.39, 0.29) is 5.41 Å². The Hall–Kier alpha value is -2.49. The van der Waals surface area contributed by atoms with Crippen molar-refractivity contribution in [3.8, 4) is 11.5 Å². The van der Waals surface area contributed by atoms with Crippen LogP contribution in [0.3, 0.4) is 0 Å². The lowest BCUT2D eigenvalue weighted by Crippen LogP contribution is -2.46. The first-order valence-corrected chi connectivity index (χ1v) is 10.5. The lowest BCUT2D eigenvalue weighted by atomic mass is 9.80. The number of aryl methyl sites for hydroxylation is 2. The second-order valence-electron chi connectivity index (χ2n) is 8.91. The van der Waals surface area contributed by atoms with Crippen molar-refractivity contribution in [1.82, 2.24) is 5.32 Å². The van der Waals surface area contributed by atoms with Crippen molar-refractivity contribution in [3.05, 3.63) is 58.7 Å². The second kappa shape index (κ2) is 8.10. The van der Waals surface area contributed by atoms with Crippen LogP contribution in [-0.4, -0.2) is 25.5 Å². The zero-order valence-corrected chi connectivity index (χ0v) is 18.8. The second-order valence-corrected chi connectivity index (χ2v) is 8.91. The number of rotatable bonds is 6. The Kier molecular flexibility index (Phi) is 5.92. The van der Waals surface area contributed by atoms with Crippen molar-refractivity contribution in [2.24, 2.45) is 4.99 Å². The molecule has 0 amide bonds. The van der Waals surface area contributed by atoms with E-state index in [1.54, 1.807) is 0 Å². The summed E-state index contributed by atoms with van der Waals surface area (Å²) < 4.78 is 12.5. The summed E-state index contributed by atoms with van der Waals surface area (Å²) >= 11 is 0. The Bertz CT molecular complexity index is 888. The molecule has 0 fully saturated rings. The van der Waals surface area contributed by atoms with Gasteiger partial charge in [0, 0.05) is 12.1 Å². The van der Waals surface area contributed by atoms with Crippen LogP contribution in [0, 0.1) is 13.8 Å². The molecule has 2 aromatic carbocycles. The zero-order valence-electron chi connectivity index (χ0n) is 18.8. The van der Waals surface area contributed by atoms with Crippen molar-refractivity contribution in [2.75, 3.05) is 19.7 Å². The number of ether oxygens (including phenoxy) is 2. The van der Waals surface area contributed by atoms with Crippen LogP contribution in [0.2, 0.25) is 0 Å². The number of benzene rings is 2. The highest BCUT2D eigenvalue weighted by Gasteiger charge is 2.40. The Labute approximate surface area is 175 Å². The fraction of sp³-hybridized carbons (Fsp3) is 0.480. The Morgan fingerprint density at radius 1 is 1.00 bits per heavy atom. The van der Waals surface area contributed by atoms with E-state index >= 15 is 0 Å². The lowest BCUT2D eigenvalue weighted by Gasteiger charge is -2.35. The predicted molar refractivity (Wildman–Crippen MR) is 121 cm³/mol. The number of nitrogens with zero attached hydrogens (tertiary/aromatic N) is 1. The van der Waals surface area contributed by atoms with Gasteiger partial charge in [-0.2, -0.15) is 0 Å². The van der Waals surface area contributed by atoms with E-state index in [1.165, 1.54) is 16.7 Å². The highest BCUT2D eigenvalue weighted by molar-refractivity contribution is 5.93. The molecule has 3 rings (SSSR count). The minimum atomic E-state index is -0.728. The number of para-hydroxylation sites is 2. The molecule has 0 spiro atoms. The fourth-order valence-electron chi connectivity index (χ4n) is 4.11. The summed E-state index contributed by atoms with van der Waals surface area (Å²) in [6.07, 6.45) is 0. The molecule has 1 heterocycles. The van der Waals surface area contributed by atoms with E-state index in [0.29, 0.717) is 6.61 Å². The van der Waals surface area contributed by atoms with Gasteiger partial charge in [0.05, 0.1) is 13.2 Å². The lowest BCUT2D eigenvalue weighted by molar-refractivity contribution is 0.149. The predicted octanol–water partition coefficient (Wildman–Crippen LogP) is 5.30. The molecule has 1 atom stereocenters. The fourth-order valence-corrected chi connectivity index (χ4v) is 4.11. The third-order valence-corrected chi connectivity index (χ3v) is 5.46. The van der Waals surface area contributed by atoms with Crippen molar-refractivity contribution in [2.45, 2.75) is 59.5 Å². The number of hydrogen-bond acceptors (Lipinski definition) is 4. The van der Waals surface area contributed by atoms with E-state index in [1.807, 2.05) is 31.2 Å². The maximum absolute atomic E-state index is 6.72. The van der Waals surface area contributed by atoms with Gasteiger partial charge < -0.3 is 14.8 Å². The topological polar surface area (TPSA) is 42.9 Å². The average molecular weight is 395 g/mol. The smallest absolute Gasteiger partial charge is 0.188 e. The molecule has 0 saturated carbocycles. The largest absolute Gasteiger partial charge is 0.490 e. The van der Waals surface area contributed by atoms with Crippen LogP contribution in [-0.2, 0) is 11.0 Å². The minimum absolute atomic E-state index is 0.0933. The third kappa shape index (κ3) is 4.26. The van der Waals surface area contributed by atoms with E-state index in [0.717, 1.165) is 36.0 Å². The van der Waals surface area contributed by atoms with Crippen LogP contribution in [0.25, 0.3) is 0 Å². The van der Waals surface area contributed by atoms with Gasteiger partial charge in [-0.15, -0.1) is 0 Å². The average Bonchev–Trinajstić information content (AvgIpc) is 3.17. The van der Waals surface area contributed by atoms with Crippen LogP contribution in [0.1, 0.15) is 56.9 Å². The highest BCUT2D eigenvalue weighted by atomic mass is 16.5. The Morgan fingerprint density at radius 3 is 2.14 bits per heavy atom. The van der Waals surface area contributed by atoms with Crippen molar-refractivity contribution in [1.29, 1.82) is 0 Å². The van der Waals surface area contributed by atoms with Crippen LogP contribution >= 0.6 is 0 Å². The van der Waals surface area contributed by atoms with Crippen LogP contribution in [0.15, 0.2) is 41.4 Å². The van der Waals surface area contributed by atoms with Crippen molar-refractivity contribution < 1.29 is 9.47 Å². The monoisotopic (exact) mass is 394 g/mol. The Morgan fingerprint density at radius 2 is 1.62 bits per heavy atom. The molecular formula is C25H34N2O2. The maximum Gasteiger partial charge on any atom is 0.188 e. The summed E-state index contributed by atoms with van der Waals surface area (Å²) in [5.41, 5.74) is 4.27. The first-order chi connectivity index (χ1) is 13.7. The minimum Gasteiger partial charge on any atom is -0.490 e. The van der Waals surface area contributed by atoms with Gasteiger partial charge in [0.1, 0.15) is 5.84 Å². The molecule has 0 aromatic heterocycles. The van der Waals surface area contributed by atoms with E-state index in [2.05, 4.69) is 59.0 Å². The summed E-state index contributed by atoms with van der Waals surface area (Å²) in [5.74, 6) is 2.35.